The van der Waals surface area contributed by atoms with E-state index in [9.17, 15) is 23.1 Å². The van der Waals surface area contributed by atoms with Gasteiger partial charge in [0.2, 0.25) is 5.88 Å². The van der Waals surface area contributed by atoms with Gasteiger partial charge in [-0.05, 0) is 40.6 Å². The first kappa shape index (κ1) is 25.7. The van der Waals surface area contributed by atoms with E-state index in [2.05, 4.69) is 20.4 Å². The Kier molecular flexibility index (Phi) is 7.21. The first-order valence-corrected chi connectivity index (χ1v) is 12.9. The maximum absolute atomic E-state index is 13.9. The zero-order chi connectivity index (χ0) is 26.2. The molecule has 1 saturated heterocycles. The Labute approximate surface area is 218 Å². The first-order valence-electron chi connectivity index (χ1n) is 11.7. The van der Waals surface area contributed by atoms with Crippen LogP contribution >= 0.6 is 22.9 Å². The molecule has 5 rings (SSSR count). The number of aromatic hydroxyl groups is 1. The van der Waals surface area contributed by atoms with Gasteiger partial charge in [0.15, 0.2) is 0 Å². The Morgan fingerprint density at radius 1 is 1.14 bits per heavy atom. The lowest BCUT2D eigenvalue weighted by Gasteiger charge is -2.27. The molecule has 12 heteroatoms. The van der Waals surface area contributed by atoms with Crippen LogP contribution in [-0.4, -0.2) is 53.5 Å². The molecule has 2 aliphatic heterocycles. The Balaban J connectivity index is 1.61. The largest absolute Gasteiger partial charge is 0.493 e. The van der Waals surface area contributed by atoms with E-state index in [4.69, 9.17) is 11.6 Å². The normalized spacial score (nSPS) is 16.5. The SMILES string of the molecule is O=c1sc(C(Cc2ccc(Cl)cc2C(F)(F)F)=c2ccc3c(c2)C=NN=3)c(O)n1CCN1CCNCC1. The van der Waals surface area contributed by atoms with Gasteiger partial charge in [-0.1, -0.05) is 35.1 Å². The van der Waals surface area contributed by atoms with Crippen LogP contribution in [0, 0.1) is 0 Å². The summed E-state index contributed by atoms with van der Waals surface area (Å²) in [6, 6.07) is 8.80. The predicted octanol–water partition coefficient (Wildman–Crippen LogP) is 2.60. The minimum absolute atomic E-state index is 0.0154. The molecule has 2 aromatic carbocycles. The molecule has 0 bridgehead atoms. The highest BCUT2D eigenvalue weighted by Gasteiger charge is 2.34. The topological polar surface area (TPSA) is 82.2 Å². The van der Waals surface area contributed by atoms with Gasteiger partial charge in [-0.25, -0.2) is 0 Å². The van der Waals surface area contributed by atoms with E-state index in [1.54, 1.807) is 24.4 Å². The molecule has 0 amide bonds. The average molecular weight is 550 g/mol. The molecule has 0 spiro atoms. The monoisotopic (exact) mass is 549 g/mol. The van der Waals surface area contributed by atoms with Crippen LogP contribution in [0.1, 0.15) is 21.6 Å². The van der Waals surface area contributed by atoms with Crippen molar-refractivity contribution in [3.8, 4) is 5.88 Å². The van der Waals surface area contributed by atoms with Gasteiger partial charge in [0.1, 0.15) is 0 Å². The van der Waals surface area contributed by atoms with Crippen molar-refractivity contribution >= 4 is 34.7 Å². The summed E-state index contributed by atoms with van der Waals surface area (Å²) in [6.07, 6.45) is -3.25. The van der Waals surface area contributed by atoms with Crippen molar-refractivity contribution in [2.24, 2.45) is 10.2 Å². The fourth-order valence-electron chi connectivity index (χ4n) is 4.53. The van der Waals surface area contributed by atoms with Gasteiger partial charge in [0.05, 0.1) is 22.0 Å². The quantitative estimate of drug-likeness (QED) is 0.495. The molecule has 0 unspecified atom stereocenters. The van der Waals surface area contributed by atoms with E-state index < -0.39 is 11.7 Å². The average Bonchev–Trinajstić information content (AvgIpc) is 3.45. The molecule has 3 heterocycles. The Hall–Kier alpha value is -2.99. The van der Waals surface area contributed by atoms with Crippen LogP contribution in [-0.2, 0) is 19.1 Å². The van der Waals surface area contributed by atoms with E-state index in [1.165, 1.54) is 16.7 Å². The first-order chi connectivity index (χ1) is 17.7. The zero-order valence-electron chi connectivity index (χ0n) is 19.6. The number of benzene rings is 2. The lowest BCUT2D eigenvalue weighted by Crippen LogP contribution is -2.44. The molecule has 3 aromatic rings. The molecule has 2 aliphatic rings. The van der Waals surface area contributed by atoms with Gasteiger partial charge >= 0.3 is 11.0 Å². The second-order valence-corrected chi connectivity index (χ2v) is 10.2. The Morgan fingerprint density at radius 2 is 1.92 bits per heavy atom. The van der Waals surface area contributed by atoms with Crippen molar-refractivity contribution in [1.29, 1.82) is 0 Å². The van der Waals surface area contributed by atoms with Crippen molar-refractivity contribution in [3.05, 3.63) is 83.2 Å². The van der Waals surface area contributed by atoms with E-state index in [-0.39, 0.29) is 39.2 Å². The fourth-order valence-corrected chi connectivity index (χ4v) is 5.68. The minimum Gasteiger partial charge on any atom is -0.493 e. The summed E-state index contributed by atoms with van der Waals surface area (Å²) in [6.45, 7) is 4.23. The maximum atomic E-state index is 13.9. The van der Waals surface area contributed by atoms with Gasteiger partial charge in [-0.15, -0.1) is 0 Å². The lowest BCUT2D eigenvalue weighted by molar-refractivity contribution is -0.138. The summed E-state index contributed by atoms with van der Waals surface area (Å²) in [4.78, 5) is 15.0. The summed E-state index contributed by atoms with van der Waals surface area (Å²) in [7, 11) is 0. The van der Waals surface area contributed by atoms with Gasteiger partial charge in [-0.3, -0.25) is 14.3 Å². The number of piperazine rings is 1. The third kappa shape index (κ3) is 5.49. The van der Waals surface area contributed by atoms with Crippen LogP contribution in [0.3, 0.4) is 0 Å². The summed E-state index contributed by atoms with van der Waals surface area (Å²) in [5.74, 6) is -0.249. The molecule has 7 nitrogen and oxygen atoms in total. The maximum Gasteiger partial charge on any atom is 0.416 e. The smallest absolute Gasteiger partial charge is 0.416 e. The zero-order valence-corrected chi connectivity index (χ0v) is 21.1. The van der Waals surface area contributed by atoms with Crippen molar-refractivity contribution in [3.63, 3.8) is 0 Å². The predicted molar refractivity (Wildman–Crippen MR) is 137 cm³/mol. The summed E-state index contributed by atoms with van der Waals surface area (Å²) >= 11 is 6.71. The summed E-state index contributed by atoms with van der Waals surface area (Å²) in [5.41, 5.74) is 0.224. The van der Waals surface area contributed by atoms with Crippen molar-refractivity contribution in [2.75, 3.05) is 32.7 Å². The highest BCUT2D eigenvalue weighted by Crippen LogP contribution is 2.37. The Bertz CT molecular complexity index is 1540. The number of hydrogen-bond donors (Lipinski definition) is 2. The number of aromatic nitrogens is 1. The van der Waals surface area contributed by atoms with Gasteiger partial charge in [-0.2, -0.15) is 23.4 Å². The van der Waals surface area contributed by atoms with Gasteiger partial charge in [0, 0.05) is 56.3 Å². The van der Waals surface area contributed by atoms with Gasteiger partial charge < -0.3 is 10.4 Å². The standard InChI is InChI=1S/C25H23ClF3N5O2S/c26-18-3-1-16(20(13-18)25(27,28)29)12-19(15-2-4-21-17(11-15)14-31-32-21)22-23(35)34(24(36)37-22)10-9-33-7-5-30-6-8-33/h1-4,11,13-14,30,35H,5-10,12H2. The number of halogens is 4. The van der Waals surface area contributed by atoms with Crippen LogP contribution in [0.15, 0.2) is 51.4 Å². The summed E-state index contributed by atoms with van der Waals surface area (Å²) in [5, 5.41) is 23.5. The Morgan fingerprint density at radius 3 is 2.68 bits per heavy atom. The van der Waals surface area contributed by atoms with Crippen molar-refractivity contribution < 1.29 is 18.3 Å². The van der Waals surface area contributed by atoms with E-state index in [1.807, 2.05) is 0 Å². The number of rotatable bonds is 6. The van der Waals surface area contributed by atoms with E-state index in [0.29, 0.717) is 28.3 Å². The molecule has 0 radical (unpaired) electrons. The minimum atomic E-state index is -4.63. The molecule has 0 aliphatic carbocycles. The van der Waals surface area contributed by atoms with Gasteiger partial charge in [0.25, 0.3) is 0 Å². The molecule has 37 heavy (non-hydrogen) atoms. The fraction of sp³-hybridized carbons (Fsp3) is 0.320. The second kappa shape index (κ2) is 10.4. The van der Waals surface area contributed by atoms with Crippen molar-refractivity contribution in [2.45, 2.75) is 19.1 Å². The number of alkyl halides is 3. The van der Waals surface area contributed by atoms with E-state index in [0.717, 1.165) is 43.6 Å². The molecule has 1 aromatic heterocycles. The highest BCUT2D eigenvalue weighted by atomic mass is 35.5. The number of nitrogens with zero attached hydrogens (tertiary/aromatic N) is 4. The molecule has 0 saturated carbocycles. The number of nitrogens with one attached hydrogen (secondary N) is 1. The van der Waals surface area contributed by atoms with Crippen LogP contribution in [0.5, 0.6) is 5.88 Å². The van der Waals surface area contributed by atoms with Crippen LogP contribution in [0.25, 0.3) is 5.57 Å². The third-order valence-electron chi connectivity index (χ3n) is 6.47. The van der Waals surface area contributed by atoms with Crippen LogP contribution in [0.4, 0.5) is 13.2 Å². The van der Waals surface area contributed by atoms with Crippen LogP contribution in [0.2, 0.25) is 5.02 Å². The highest BCUT2D eigenvalue weighted by molar-refractivity contribution is 7.10. The number of thiazole rings is 1. The molecule has 194 valence electrons. The number of fused-ring (bicyclic) bond motifs is 1. The third-order valence-corrected chi connectivity index (χ3v) is 7.74. The molecule has 2 N–H and O–H groups in total. The molecular weight excluding hydrogens is 527 g/mol. The number of hydrogen-bond acceptors (Lipinski definition) is 7. The van der Waals surface area contributed by atoms with Crippen LogP contribution < -0.4 is 20.8 Å². The molecule has 1 fully saturated rings. The second-order valence-electron chi connectivity index (χ2n) is 8.84. The molecular formula is C25H23ClF3N5O2S. The van der Waals surface area contributed by atoms with Crippen molar-refractivity contribution in [1.82, 2.24) is 14.8 Å². The van der Waals surface area contributed by atoms with E-state index >= 15 is 0 Å². The summed E-state index contributed by atoms with van der Waals surface area (Å²) < 4.78 is 42.9. The molecule has 0 atom stereocenters. The lowest BCUT2D eigenvalue weighted by atomic mass is 9.96.